The topological polar surface area (TPSA) is 26.3 Å². The number of rotatable bonds is 3. The summed E-state index contributed by atoms with van der Waals surface area (Å²) in [4.78, 5) is 12.2. The van der Waals surface area contributed by atoms with Crippen LogP contribution in [0.4, 0.5) is 0 Å². The molecular formula is C13H16O2S. The van der Waals surface area contributed by atoms with Gasteiger partial charge in [-0.2, -0.15) is 0 Å². The summed E-state index contributed by atoms with van der Waals surface area (Å²) in [6.45, 7) is 0. The molecule has 0 unspecified atom stereocenters. The van der Waals surface area contributed by atoms with Gasteiger partial charge in [0, 0.05) is 4.90 Å². The number of aryl methyl sites for hydroxylation is 2. The lowest BCUT2D eigenvalue weighted by molar-refractivity contribution is -0.137. The Kier molecular flexibility index (Phi) is 3.88. The molecule has 3 heteroatoms. The smallest absolute Gasteiger partial charge is 0.315 e. The Morgan fingerprint density at radius 2 is 2.06 bits per heavy atom. The van der Waals surface area contributed by atoms with Crippen molar-refractivity contribution in [2.45, 2.75) is 30.6 Å². The third-order valence-corrected chi connectivity index (χ3v) is 3.87. The molecule has 1 aliphatic carbocycles. The zero-order chi connectivity index (χ0) is 11.4. The van der Waals surface area contributed by atoms with Gasteiger partial charge in [0.25, 0.3) is 0 Å². The minimum Gasteiger partial charge on any atom is -0.468 e. The van der Waals surface area contributed by atoms with E-state index in [1.54, 1.807) is 11.8 Å². The van der Waals surface area contributed by atoms with Crippen molar-refractivity contribution in [3.63, 3.8) is 0 Å². The predicted octanol–water partition coefficient (Wildman–Crippen LogP) is 2.83. The summed E-state index contributed by atoms with van der Waals surface area (Å²) < 4.78 is 4.62. The highest BCUT2D eigenvalue weighted by molar-refractivity contribution is 8.00. The molecule has 0 aromatic heterocycles. The molecule has 1 aliphatic rings. The van der Waals surface area contributed by atoms with Crippen LogP contribution in [-0.2, 0) is 22.4 Å². The zero-order valence-electron chi connectivity index (χ0n) is 9.49. The zero-order valence-corrected chi connectivity index (χ0v) is 10.3. The van der Waals surface area contributed by atoms with Crippen LogP contribution in [0.5, 0.6) is 0 Å². The maximum atomic E-state index is 11.0. The van der Waals surface area contributed by atoms with Crippen LogP contribution >= 0.6 is 11.8 Å². The lowest BCUT2D eigenvalue weighted by atomic mass is 9.92. The number of hydrogen-bond donors (Lipinski definition) is 0. The van der Waals surface area contributed by atoms with E-state index in [1.165, 1.54) is 48.8 Å². The fraction of sp³-hybridized carbons (Fsp3) is 0.462. The molecule has 0 bridgehead atoms. The highest BCUT2D eigenvalue weighted by atomic mass is 32.2. The van der Waals surface area contributed by atoms with Gasteiger partial charge in [-0.15, -0.1) is 11.8 Å². The van der Waals surface area contributed by atoms with Crippen molar-refractivity contribution in [3.05, 3.63) is 29.3 Å². The second-order valence-corrected chi connectivity index (χ2v) is 5.05. The molecule has 2 rings (SSSR count). The number of methoxy groups -OCH3 is 1. The Morgan fingerprint density at radius 1 is 1.31 bits per heavy atom. The van der Waals surface area contributed by atoms with Gasteiger partial charge >= 0.3 is 5.97 Å². The van der Waals surface area contributed by atoms with Crippen LogP contribution < -0.4 is 0 Å². The van der Waals surface area contributed by atoms with Gasteiger partial charge in [-0.05, 0) is 48.9 Å². The minimum atomic E-state index is -0.164. The van der Waals surface area contributed by atoms with Crippen LogP contribution in [0.15, 0.2) is 23.1 Å². The maximum absolute atomic E-state index is 11.0. The van der Waals surface area contributed by atoms with Crippen LogP contribution in [0.3, 0.4) is 0 Å². The number of esters is 1. The average Bonchev–Trinajstić information content (AvgIpc) is 2.35. The average molecular weight is 236 g/mol. The van der Waals surface area contributed by atoms with E-state index in [2.05, 4.69) is 22.9 Å². The lowest BCUT2D eigenvalue weighted by Crippen LogP contribution is -2.04. The minimum absolute atomic E-state index is 0.164. The molecule has 0 N–H and O–H groups in total. The summed E-state index contributed by atoms with van der Waals surface area (Å²) in [5.41, 5.74) is 2.94. The van der Waals surface area contributed by atoms with Gasteiger partial charge in [-0.1, -0.05) is 6.07 Å². The molecule has 0 fully saturated rings. The number of ether oxygens (including phenoxy) is 1. The van der Waals surface area contributed by atoms with E-state index in [-0.39, 0.29) is 5.97 Å². The molecule has 0 radical (unpaired) electrons. The number of hydrogen-bond acceptors (Lipinski definition) is 3. The van der Waals surface area contributed by atoms with E-state index in [0.29, 0.717) is 5.75 Å². The summed E-state index contributed by atoms with van der Waals surface area (Å²) in [5, 5.41) is 0. The molecule has 86 valence electrons. The number of fused-ring (bicyclic) bond motifs is 1. The first kappa shape index (κ1) is 11.5. The molecular weight excluding hydrogens is 220 g/mol. The largest absolute Gasteiger partial charge is 0.468 e. The first-order chi connectivity index (χ1) is 7.79. The number of carbonyl (C=O) groups is 1. The van der Waals surface area contributed by atoms with Gasteiger partial charge in [-0.25, -0.2) is 0 Å². The normalized spacial score (nSPS) is 14.3. The predicted molar refractivity (Wildman–Crippen MR) is 65.8 cm³/mol. The Hall–Kier alpha value is -0.960. The fourth-order valence-corrected chi connectivity index (χ4v) is 2.79. The Morgan fingerprint density at radius 3 is 2.81 bits per heavy atom. The summed E-state index contributed by atoms with van der Waals surface area (Å²) in [5.74, 6) is 0.234. The molecule has 0 saturated carbocycles. The number of benzene rings is 1. The first-order valence-corrected chi connectivity index (χ1v) is 6.59. The molecule has 0 saturated heterocycles. The van der Waals surface area contributed by atoms with E-state index in [9.17, 15) is 4.79 Å². The molecule has 0 aliphatic heterocycles. The fourth-order valence-electron chi connectivity index (χ4n) is 2.00. The molecule has 2 nitrogen and oxygen atoms in total. The van der Waals surface area contributed by atoms with Gasteiger partial charge in [0.1, 0.15) is 0 Å². The molecule has 0 amide bonds. The Bertz CT molecular complexity index is 388. The molecule has 0 atom stereocenters. The molecule has 1 aromatic rings. The van der Waals surface area contributed by atoms with Crippen LogP contribution in [0.2, 0.25) is 0 Å². The Balaban J connectivity index is 2.03. The standard InChI is InChI=1S/C13H16O2S/c1-15-13(14)9-16-12-7-6-10-4-2-3-5-11(10)8-12/h6-8H,2-5,9H2,1H3. The van der Waals surface area contributed by atoms with Gasteiger partial charge in [0.2, 0.25) is 0 Å². The van der Waals surface area contributed by atoms with E-state index in [4.69, 9.17) is 0 Å². The van der Waals surface area contributed by atoms with Crippen LogP contribution in [0.1, 0.15) is 24.0 Å². The summed E-state index contributed by atoms with van der Waals surface area (Å²) in [6, 6.07) is 6.54. The Labute approximate surface area is 100 Å². The number of thioether (sulfide) groups is 1. The van der Waals surface area contributed by atoms with Crippen LogP contribution in [-0.4, -0.2) is 18.8 Å². The van der Waals surface area contributed by atoms with Crippen LogP contribution in [0, 0.1) is 0 Å². The van der Waals surface area contributed by atoms with Crippen molar-refractivity contribution in [3.8, 4) is 0 Å². The van der Waals surface area contributed by atoms with Gasteiger partial charge in [0.05, 0.1) is 12.9 Å². The number of carbonyl (C=O) groups excluding carboxylic acids is 1. The SMILES string of the molecule is COC(=O)CSc1ccc2c(c1)CCCC2. The lowest BCUT2D eigenvalue weighted by Gasteiger charge is -2.16. The van der Waals surface area contributed by atoms with Crippen molar-refractivity contribution in [2.24, 2.45) is 0 Å². The van der Waals surface area contributed by atoms with E-state index >= 15 is 0 Å². The second-order valence-electron chi connectivity index (χ2n) is 4.00. The summed E-state index contributed by atoms with van der Waals surface area (Å²) in [6.07, 6.45) is 4.99. The van der Waals surface area contributed by atoms with Crippen molar-refractivity contribution in [1.29, 1.82) is 0 Å². The maximum Gasteiger partial charge on any atom is 0.315 e. The van der Waals surface area contributed by atoms with Crippen LogP contribution in [0.25, 0.3) is 0 Å². The molecule has 1 aromatic carbocycles. The van der Waals surface area contributed by atoms with Crippen molar-refractivity contribution < 1.29 is 9.53 Å². The molecule has 0 heterocycles. The van der Waals surface area contributed by atoms with Crippen molar-refractivity contribution >= 4 is 17.7 Å². The summed E-state index contributed by atoms with van der Waals surface area (Å²) >= 11 is 1.55. The van der Waals surface area contributed by atoms with Gasteiger partial charge < -0.3 is 4.74 Å². The third kappa shape index (κ3) is 2.79. The van der Waals surface area contributed by atoms with Crippen molar-refractivity contribution in [1.82, 2.24) is 0 Å². The second kappa shape index (κ2) is 5.39. The molecule has 0 spiro atoms. The van der Waals surface area contributed by atoms with E-state index < -0.39 is 0 Å². The first-order valence-electron chi connectivity index (χ1n) is 5.61. The molecule has 16 heavy (non-hydrogen) atoms. The summed E-state index contributed by atoms with van der Waals surface area (Å²) in [7, 11) is 1.43. The van der Waals surface area contributed by atoms with E-state index in [1.807, 2.05) is 0 Å². The quantitative estimate of drug-likeness (QED) is 0.596. The van der Waals surface area contributed by atoms with E-state index in [0.717, 1.165) is 0 Å². The van der Waals surface area contributed by atoms with Gasteiger partial charge in [0.15, 0.2) is 0 Å². The highest BCUT2D eigenvalue weighted by Gasteiger charge is 2.10. The monoisotopic (exact) mass is 236 g/mol. The highest BCUT2D eigenvalue weighted by Crippen LogP contribution is 2.26. The van der Waals surface area contributed by atoms with Gasteiger partial charge in [-0.3, -0.25) is 4.79 Å². The third-order valence-electron chi connectivity index (χ3n) is 2.90. The van der Waals surface area contributed by atoms with Crippen molar-refractivity contribution in [2.75, 3.05) is 12.9 Å².